The minimum absolute atomic E-state index is 0.0141. The fourth-order valence-electron chi connectivity index (χ4n) is 2.03. The van der Waals surface area contributed by atoms with E-state index in [2.05, 4.69) is 5.32 Å². The molecule has 1 fully saturated rings. The molecule has 21 heavy (non-hydrogen) atoms. The average Bonchev–Trinajstić information content (AvgIpc) is 2.76. The SMILES string of the molecule is COc1ccc(NC(=O)CS[C@@H]2CCS(=O)(=O)C2)cc1Cl. The highest BCUT2D eigenvalue weighted by Gasteiger charge is 2.28. The Morgan fingerprint density at radius 3 is 2.86 bits per heavy atom. The predicted octanol–water partition coefficient (Wildman–Crippen LogP) is 2.21. The average molecular weight is 350 g/mol. The number of hydrogen-bond acceptors (Lipinski definition) is 5. The van der Waals surface area contributed by atoms with E-state index in [9.17, 15) is 13.2 Å². The van der Waals surface area contributed by atoms with E-state index in [-0.39, 0.29) is 28.4 Å². The largest absolute Gasteiger partial charge is 0.495 e. The minimum atomic E-state index is -2.90. The Balaban J connectivity index is 1.83. The number of nitrogens with one attached hydrogen (secondary N) is 1. The molecule has 1 heterocycles. The van der Waals surface area contributed by atoms with Crippen LogP contribution in [-0.4, -0.2) is 43.9 Å². The molecule has 1 aromatic carbocycles. The Bertz CT molecular complexity index is 633. The van der Waals surface area contributed by atoms with Gasteiger partial charge in [-0.25, -0.2) is 8.42 Å². The van der Waals surface area contributed by atoms with Gasteiger partial charge in [-0.2, -0.15) is 0 Å². The highest BCUT2D eigenvalue weighted by Crippen LogP contribution is 2.28. The smallest absolute Gasteiger partial charge is 0.234 e. The van der Waals surface area contributed by atoms with Crippen LogP contribution in [0, 0.1) is 0 Å². The summed E-state index contributed by atoms with van der Waals surface area (Å²) in [7, 11) is -1.38. The fraction of sp³-hybridized carbons (Fsp3) is 0.462. The molecule has 1 amide bonds. The van der Waals surface area contributed by atoms with Gasteiger partial charge in [-0.05, 0) is 24.6 Å². The molecule has 0 unspecified atom stereocenters. The summed E-state index contributed by atoms with van der Waals surface area (Å²) in [6.45, 7) is 0. The van der Waals surface area contributed by atoms with Crippen molar-refractivity contribution in [2.75, 3.05) is 29.7 Å². The predicted molar refractivity (Wildman–Crippen MR) is 86.2 cm³/mol. The molecule has 1 saturated heterocycles. The van der Waals surface area contributed by atoms with Crippen LogP contribution in [-0.2, 0) is 14.6 Å². The van der Waals surface area contributed by atoms with E-state index in [0.717, 1.165) is 0 Å². The lowest BCUT2D eigenvalue weighted by Gasteiger charge is -2.09. The summed E-state index contributed by atoms with van der Waals surface area (Å²) in [4.78, 5) is 11.8. The molecule has 1 N–H and O–H groups in total. The summed E-state index contributed by atoms with van der Waals surface area (Å²) in [5.74, 6) is 0.981. The van der Waals surface area contributed by atoms with Gasteiger partial charge in [-0.15, -0.1) is 11.8 Å². The van der Waals surface area contributed by atoms with Gasteiger partial charge in [0.2, 0.25) is 5.91 Å². The van der Waals surface area contributed by atoms with Crippen molar-refractivity contribution in [2.24, 2.45) is 0 Å². The molecule has 0 aromatic heterocycles. The second-order valence-corrected chi connectivity index (χ2v) is 8.66. The zero-order valence-electron chi connectivity index (χ0n) is 11.5. The zero-order chi connectivity index (χ0) is 15.5. The Morgan fingerprint density at radius 1 is 1.52 bits per heavy atom. The Kier molecular flexibility index (Phi) is 5.40. The van der Waals surface area contributed by atoms with Gasteiger partial charge in [-0.3, -0.25) is 4.79 Å². The van der Waals surface area contributed by atoms with E-state index in [1.807, 2.05) is 0 Å². The number of halogens is 1. The summed E-state index contributed by atoms with van der Waals surface area (Å²) in [6.07, 6.45) is 0.620. The molecular weight excluding hydrogens is 334 g/mol. The number of ether oxygens (including phenoxy) is 1. The van der Waals surface area contributed by atoms with Gasteiger partial charge in [0.15, 0.2) is 9.84 Å². The first-order chi connectivity index (χ1) is 9.89. The highest BCUT2D eigenvalue weighted by molar-refractivity contribution is 8.02. The van der Waals surface area contributed by atoms with Crippen LogP contribution in [0.3, 0.4) is 0 Å². The van der Waals surface area contributed by atoms with Crippen LogP contribution in [0.1, 0.15) is 6.42 Å². The number of carbonyl (C=O) groups is 1. The quantitative estimate of drug-likeness (QED) is 0.882. The Labute approximate surface area is 133 Å². The fourth-order valence-corrected chi connectivity index (χ4v) is 5.73. The first kappa shape index (κ1) is 16.5. The van der Waals surface area contributed by atoms with Crippen LogP contribution in [0.4, 0.5) is 5.69 Å². The van der Waals surface area contributed by atoms with Gasteiger partial charge < -0.3 is 10.1 Å². The van der Waals surface area contributed by atoms with Crippen LogP contribution in [0.15, 0.2) is 18.2 Å². The third kappa shape index (κ3) is 4.79. The number of amides is 1. The van der Waals surface area contributed by atoms with E-state index in [1.54, 1.807) is 18.2 Å². The number of rotatable bonds is 5. The number of methoxy groups -OCH3 is 1. The first-order valence-electron chi connectivity index (χ1n) is 6.35. The molecule has 0 saturated carbocycles. The number of benzene rings is 1. The number of hydrogen-bond donors (Lipinski definition) is 1. The maximum Gasteiger partial charge on any atom is 0.234 e. The monoisotopic (exact) mass is 349 g/mol. The number of thioether (sulfide) groups is 1. The topological polar surface area (TPSA) is 72.5 Å². The van der Waals surface area contributed by atoms with Crippen molar-refractivity contribution in [3.63, 3.8) is 0 Å². The van der Waals surface area contributed by atoms with E-state index >= 15 is 0 Å². The molecule has 5 nitrogen and oxygen atoms in total. The lowest BCUT2D eigenvalue weighted by molar-refractivity contribution is -0.113. The lowest BCUT2D eigenvalue weighted by atomic mass is 10.3. The molecule has 1 aliphatic rings. The second-order valence-electron chi connectivity index (χ2n) is 4.73. The molecule has 8 heteroatoms. The summed E-state index contributed by atoms with van der Waals surface area (Å²) < 4.78 is 27.7. The van der Waals surface area contributed by atoms with Crippen LogP contribution >= 0.6 is 23.4 Å². The van der Waals surface area contributed by atoms with Gasteiger partial charge in [0, 0.05) is 10.9 Å². The van der Waals surface area contributed by atoms with Crippen LogP contribution in [0.25, 0.3) is 0 Å². The van der Waals surface area contributed by atoms with E-state index in [4.69, 9.17) is 16.3 Å². The van der Waals surface area contributed by atoms with Crippen molar-refractivity contribution in [1.29, 1.82) is 0 Å². The van der Waals surface area contributed by atoms with E-state index in [1.165, 1.54) is 18.9 Å². The molecule has 116 valence electrons. The van der Waals surface area contributed by atoms with Gasteiger partial charge in [0.05, 0.1) is 29.4 Å². The Hall–Kier alpha value is -0.920. The molecule has 0 radical (unpaired) electrons. The number of carbonyl (C=O) groups excluding carboxylic acids is 1. The van der Waals surface area contributed by atoms with E-state index in [0.29, 0.717) is 22.9 Å². The summed E-state index contributed by atoms with van der Waals surface area (Å²) in [5, 5.41) is 3.16. The zero-order valence-corrected chi connectivity index (χ0v) is 13.9. The number of anilines is 1. The first-order valence-corrected chi connectivity index (χ1v) is 9.60. The van der Waals surface area contributed by atoms with Crippen molar-refractivity contribution in [3.05, 3.63) is 23.2 Å². The van der Waals surface area contributed by atoms with Gasteiger partial charge in [-0.1, -0.05) is 11.6 Å². The summed E-state index contributed by atoms with van der Waals surface area (Å²) in [6, 6.07) is 4.99. The molecule has 0 bridgehead atoms. The standard InChI is InChI=1S/C13H16ClNO4S2/c1-19-12-3-2-9(6-11(12)14)15-13(16)7-20-10-4-5-21(17,18)8-10/h2-3,6,10H,4-5,7-8H2,1H3,(H,15,16)/t10-/m1/s1. The third-order valence-electron chi connectivity index (χ3n) is 3.08. The summed E-state index contributed by atoms with van der Waals surface area (Å²) >= 11 is 7.35. The molecule has 1 aliphatic heterocycles. The normalized spacial score (nSPS) is 20.2. The summed E-state index contributed by atoms with van der Waals surface area (Å²) in [5.41, 5.74) is 0.588. The van der Waals surface area contributed by atoms with E-state index < -0.39 is 9.84 Å². The molecule has 1 aromatic rings. The van der Waals surface area contributed by atoms with Crippen molar-refractivity contribution in [3.8, 4) is 5.75 Å². The molecule has 0 aliphatic carbocycles. The second kappa shape index (κ2) is 6.89. The highest BCUT2D eigenvalue weighted by atomic mass is 35.5. The maximum absolute atomic E-state index is 11.8. The minimum Gasteiger partial charge on any atom is -0.495 e. The van der Waals surface area contributed by atoms with Crippen LogP contribution in [0.2, 0.25) is 5.02 Å². The van der Waals surface area contributed by atoms with Gasteiger partial charge in [0.1, 0.15) is 5.75 Å². The number of sulfone groups is 1. The molecule has 1 atom stereocenters. The van der Waals surface area contributed by atoms with Crippen molar-refractivity contribution in [1.82, 2.24) is 0 Å². The lowest BCUT2D eigenvalue weighted by Crippen LogP contribution is -2.17. The van der Waals surface area contributed by atoms with Crippen molar-refractivity contribution < 1.29 is 17.9 Å². The van der Waals surface area contributed by atoms with Gasteiger partial charge in [0.25, 0.3) is 0 Å². The maximum atomic E-state index is 11.8. The third-order valence-corrected chi connectivity index (χ3v) is 6.65. The molecule has 0 spiro atoms. The van der Waals surface area contributed by atoms with Crippen molar-refractivity contribution in [2.45, 2.75) is 11.7 Å². The van der Waals surface area contributed by atoms with Gasteiger partial charge >= 0.3 is 0 Å². The Morgan fingerprint density at radius 2 is 2.29 bits per heavy atom. The molecular formula is C13H16ClNO4S2. The van der Waals surface area contributed by atoms with Crippen LogP contribution in [0.5, 0.6) is 5.75 Å². The van der Waals surface area contributed by atoms with Crippen molar-refractivity contribution >= 4 is 44.8 Å². The van der Waals surface area contributed by atoms with Crippen LogP contribution < -0.4 is 10.1 Å². The molecule has 2 rings (SSSR count).